The summed E-state index contributed by atoms with van der Waals surface area (Å²) >= 11 is 0. The van der Waals surface area contributed by atoms with Gasteiger partial charge in [-0.3, -0.25) is 0 Å². The number of ether oxygens (including phenoxy) is 1. The lowest BCUT2D eigenvalue weighted by Crippen LogP contribution is -2.47. The Morgan fingerprint density at radius 3 is 2.65 bits per heavy atom. The molecule has 0 amide bonds. The number of piperidine rings is 1. The highest BCUT2D eigenvalue weighted by atomic mass is 16.5. The van der Waals surface area contributed by atoms with E-state index >= 15 is 0 Å². The molecule has 2 rings (SSSR count). The van der Waals surface area contributed by atoms with Crippen molar-refractivity contribution in [2.75, 3.05) is 41.3 Å². The Kier molecular flexibility index (Phi) is 6.10. The van der Waals surface area contributed by atoms with Crippen LogP contribution in [0.25, 0.3) is 0 Å². The van der Waals surface area contributed by atoms with Crippen LogP contribution < -0.4 is 4.74 Å². The highest BCUT2D eigenvalue weighted by molar-refractivity contribution is 5.41. The highest BCUT2D eigenvalue weighted by Crippen LogP contribution is 2.43. The van der Waals surface area contributed by atoms with Gasteiger partial charge in [-0.15, -0.1) is 0 Å². The number of likely N-dealkylation sites (tertiary alicyclic amines) is 1. The lowest BCUT2D eigenvalue weighted by Gasteiger charge is -2.46. The van der Waals surface area contributed by atoms with E-state index in [0.717, 1.165) is 18.7 Å². The monoisotopic (exact) mass is 318 g/mol. The maximum Gasteiger partial charge on any atom is 0.119 e. The molecule has 1 fully saturated rings. The van der Waals surface area contributed by atoms with Crippen LogP contribution in [0.1, 0.15) is 44.2 Å². The molecule has 2 unspecified atom stereocenters. The maximum absolute atomic E-state index is 5.54. The molecule has 1 saturated heterocycles. The SMILES string of the molecule is CCc1ccc(OC)cc1C1(CCN(C)C)CCN(C)C(C)C1. The fraction of sp³-hybridized carbons (Fsp3) is 0.700. The first-order valence-corrected chi connectivity index (χ1v) is 8.94. The van der Waals surface area contributed by atoms with Gasteiger partial charge in [-0.2, -0.15) is 0 Å². The zero-order chi connectivity index (χ0) is 17.0. The normalized spacial score (nSPS) is 25.8. The average molecular weight is 319 g/mol. The van der Waals surface area contributed by atoms with Crippen LogP contribution >= 0.6 is 0 Å². The molecule has 1 aromatic rings. The molecule has 23 heavy (non-hydrogen) atoms. The van der Waals surface area contributed by atoms with E-state index in [1.807, 2.05) is 0 Å². The van der Waals surface area contributed by atoms with E-state index in [9.17, 15) is 0 Å². The Hall–Kier alpha value is -1.06. The molecule has 0 aliphatic carbocycles. The summed E-state index contributed by atoms with van der Waals surface area (Å²) in [5.41, 5.74) is 3.29. The van der Waals surface area contributed by atoms with Gasteiger partial charge in [-0.05, 0) is 95.5 Å². The van der Waals surface area contributed by atoms with Crippen LogP contribution in [0.2, 0.25) is 0 Å². The molecule has 0 radical (unpaired) electrons. The van der Waals surface area contributed by atoms with E-state index in [4.69, 9.17) is 4.74 Å². The van der Waals surface area contributed by atoms with Crippen LogP contribution in [-0.2, 0) is 11.8 Å². The van der Waals surface area contributed by atoms with E-state index in [2.05, 4.69) is 63.0 Å². The fourth-order valence-electron chi connectivity index (χ4n) is 3.96. The third-order valence-electron chi connectivity index (χ3n) is 5.69. The topological polar surface area (TPSA) is 15.7 Å². The van der Waals surface area contributed by atoms with Crippen molar-refractivity contribution in [2.24, 2.45) is 0 Å². The molecule has 1 aliphatic heterocycles. The summed E-state index contributed by atoms with van der Waals surface area (Å²) < 4.78 is 5.54. The number of rotatable bonds is 6. The smallest absolute Gasteiger partial charge is 0.119 e. The van der Waals surface area contributed by atoms with Crippen LogP contribution in [0.15, 0.2) is 18.2 Å². The standard InChI is InChI=1S/C20H34N2O/c1-7-17-8-9-18(23-6)14-19(17)20(10-12-21(3)4)11-13-22(5)16(2)15-20/h8-9,14,16H,7,10-13,15H2,1-6H3. The van der Waals surface area contributed by atoms with Gasteiger partial charge in [0.25, 0.3) is 0 Å². The van der Waals surface area contributed by atoms with E-state index in [0.29, 0.717) is 6.04 Å². The third-order valence-corrected chi connectivity index (χ3v) is 5.69. The van der Waals surface area contributed by atoms with Crippen molar-refractivity contribution < 1.29 is 4.74 Å². The van der Waals surface area contributed by atoms with Crippen LogP contribution in [0, 0.1) is 0 Å². The second-order valence-corrected chi connectivity index (χ2v) is 7.49. The second-order valence-electron chi connectivity index (χ2n) is 7.49. The van der Waals surface area contributed by atoms with Gasteiger partial charge in [0.15, 0.2) is 0 Å². The number of methoxy groups -OCH3 is 1. The summed E-state index contributed by atoms with van der Waals surface area (Å²) in [5, 5.41) is 0. The van der Waals surface area contributed by atoms with Gasteiger partial charge in [-0.1, -0.05) is 13.0 Å². The number of nitrogens with zero attached hydrogens (tertiary/aromatic N) is 2. The third kappa shape index (κ3) is 4.07. The number of benzene rings is 1. The molecule has 130 valence electrons. The van der Waals surface area contributed by atoms with Gasteiger partial charge < -0.3 is 14.5 Å². The van der Waals surface area contributed by atoms with Crippen molar-refractivity contribution in [1.29, 1.82) is 0 Å². The van der Waals surface area contributed by atoms with Crippen molar-refractivity contribution in [3.05, 3.63) is 29.3 Å². The Labute approximate surface area is 142 Å². The van der Waals surface area contributed by atoms with E-state index in [1.54, 1.807) is 7.11 Å². The van der Waals surface area contributed by atoms with E-state index in [1.165, 1.54) is 36.9 Å². The summed E-state index contributed by atoms with van der Waals surface area (Å²) in [6.07, 6.45) is 4.78. The van der Waals surface area contributed by atoms with E-state index < -0.39 is 0 Å². The summed E-state index contributed by atoms with van der Waals surface area (Å²) in [5.74, 6) is 0.994. The first-order chi connectivity index (χ1) is 10.9. The summed E-state index contributed by atoms with van der Waals surface area (Å²) in [6, 6.07) is 7.32. The summed E-state index contributed by atoms with van der Waals surface area (Å²) in [6.45, 7) is 6.95. The molecule has 1 aliphatic rings. The van der Waals surface area contributed by atoms with Crippen molar-refractivity contribution in [2.45, 2.75) is 51.0 Å². The molecule has 3 heteroatoms. The van der Waals surface area contributed by atoms with Crippen LogP contribution in [0.3, 0.4) is 0 Å². The minimum Gasteiger partial charge on any atom is -0.497 e. The van der Waals surface area contributed by atoms with Gasteiger partial charge in [0.2, 0.25) is 0 Å². The molecule has 1 aromatic carbocycles. The summed E-state index contributed by atoms with van der Waals surface area (Å²) in [4.78, 5) is 4.82. The lowest BCUT2D eigenvalue weighted by atomic mass is 9.67. The average Bonchev–Trinajstić information content (AvgIpc) is 2.55. The molecular formula is C20H34N2O. The Morgan fingerprint density at radius 2 is 2.09 bits per heavy atom. The molecule has 0 spiro atoms. The van der Waals surface area contributed by atoms with Crippen molar-refractivity contribution in [3.63, 3.8) is 0 Å². The molecule has 0 saturated carbocycles. The van der Waals surface area contributed by atoms with Gasteiger partial charge in [0, 0.05) is 6.04 Å². The molecular weight excluding hydrogens is 284 g/mol. The van der Waals surface area contributed by atoms with Crippen LogP contribution in [0.5, 0.6) is 5.75 Å². The molecule has 0 bridgehead atoms. The van der Waals surface area contributed by atoms with Gasteiger partial charge >= 0.3 is 0 Å². The van der Waals surface area contributed by atoms with Gasteiger partial charge in [0.05, 0.1) is 7.11 Å². The first-order valence-electron chi connectivity index (χ1n) is 8.94. The predicted octanol–water partition coefficient (Wildman–Crippen LogP) is 3.56. The van der Waals surface area contributed by atoms with Crippen molar-refractivity contribution >= 4 is 0 Å². The van der Waals surface area contributed by atoms with Gasteiger partial charge in [0.1, 0.15) is 5.75 Å². The molecule has 2 atom stereocenters. The second kappa shape index (κ2) is 7.67. The zero-order valence-electron chi connectivity index (χ0n) is 15.9. The predicted molar refractivity (Wildman–Crippen MR) is 98.5 cm³/mol. The minimum atomic E-state index is 0.274. The first kappa shape index (κ1) is 18.3. The quantitative estimate of drug-likeness (QED) is 0.797. The number of hydrogen-bond acceptors (Lipinski definition) is 3. The van der Waals surface area contributed by atoms with Crippen LogP contribution in [-0.4, -0.2) is 57.2 Å². The number of aryl methyl sites for hydroxylation is 1. The van der Waals surface area contributed by atoms with Gasteiger partial charge in [-0.25, -0.2) is 0 Å². The van der Waals surface area contributed by atoms with Crippen molar-refractivity contribution in [1.82, 2.24) is 9.80 Å². The molecule has 3 nitrogen and oxygen atoms in total. The highest BCUT2D eigenvalue weighted by Gasteiger charge is 2.39. The number of hydrogen-bond donors (Lipinski definition) is 0. The lowest BCUT2D eigenvalue weighted by molar-refractivity contribution is 0.115. The molecule has 0 N–H and O–H groups in total. The Balaban J connectivity index is 2.44. The van der Waals surface area contributed by atoms with E-state index in [-0.39, 0.29) is 5.41 Å². The zero-order valence-corrected chi connectivity index (χ0v) is 15.9. The minimum absolute atomic E-state index is 0.274. The Bertz CT molecular complexity index is 514. The molecule has 1 heterocycles. The fourth-order valence-corrected chi connectivity index (χ4v) is 3.96. The van der Waals surface area contributed by atoms with Crippen molar-refractivity contribution in [3.8, 4) is 5.75 Å². The molecule has 0 aromatic heterocycles. The maximum atomic E-state index is 5.54. The summed E-state index contributed by atoms with van der Waals surface area (Å²) in [7, 11) is 8.39. The largest absolute Gasteiger partial charge is 0.497 e. The Morgan fingerprint density at radius 1 is 1.35 bits per heavy atom. The van der Waals surface area contributed by atoms with Crippen LogP contribution in [0.4, 0.5) is 0 Å².